The maximum Gasteiger partial charge on any atom is 0.314 e. The van der Waals surface area contributed by atoms with Crippen LogP contribution in [-0.2, 0) is 9.59 Å². The smallest absolute Gasteiger partial charge is 0.314 e. The van der Waals surface area contributed by atoms with Gasteiger partial charge in [0.05, 0.1) is 23.8 Å². The van der Waals surface area contributed by atoms with Gasteiger partial charge in [-0.15, -0.1) is 0 Å². The third-order valence-corrected chi connectivity index (χ3v) is 3.16. The molecule has 0 saturated heterocycles. The number of rotatable bonds is 3. The number of halogens is 1. The molecule has 6 nitrogen and oxygen atoms in total. The fraction of sp³-hybridized carbons (Fsp3) is 0.0625. The summed E-state index contributed by atoms with van der Waals surface area (Å²) in [4.78, 5) is 23.7. The summed E-state index contributed by atoms with van der Waals surface area (Å²) in [5.41, 5.74) is 1.10. The van der Waals surface area contributed by atoms with Crippen molar-refractivity contribution in [3.8, 4) is 11.8 Å². The van der Waals surface area contributed by atoms with Crippen LogP contribution in [0.15, 0.2) is 42.5 Å². The minimum absolute atomic E-state index is 0.312. The summed E-state index contributed by atoms with van der Waals surface area (Å²) < 4.78 is 5.00. The first-order chi connectivity index (χ1) is 11.0. The molecule has 0 aliphatic carbocycles. The first-order valence-electron chi connectivity index (χ1n) is 6.49. The Morgan fingerprint density at radius 3 is 2.30 bits per heavy atom. The Morgan fingerprint density at radius 2 is 1.74 bits per heavy atom. The predicted molar refractivity (Wildman–Crippen MR) is 86.4 cm³/mol. The van der Waals surface area contributed by atoms with E-state index in [0.29, 0.717) is 27.7 Å². The number of amides is 2. The van der Waals surface area contributed by atoms with Gasteiger partial charge in [-0.05, 0) is 36.4 Å². The Labute approximate surface area is 137 Å². The molecule has 7 heteroatoms. The Morgan fingerprint density at radius 1 is 1.09 bits per heavy atom. The standard InChI is InChI=1S/C16H12ClN3O3/c1-23-14-6-5-12(8-13(14)17)20-16(22)15(21)19-11-4-2-3-10(7-11)9-18/h2-8H,1H3,(H,19,21)(H,20,22). The summed E-state index contributed by atoms with van der Waals surface area (Å²) in [5.74, 6) is -1.25. The Balaban J connectivity index is 2.04. The quantitative estimate of drug-likeness (QED) is 0.847. The highest BCUT2D eigenvalue weighted by Gasteiger charge is 2.15. The molecule has 0 aromatic heterocycles. The average Bonchev–Trinajstić information content (AvgIpc) is 2.55. The molecule has 2 N–H and O–H groups in total. The number of carbonyl (C=O) groups excluding carboxylic acids is 2. The average molecular weight is 330 g/mol. The van der Waals surface area contributed by atoms with Gasteiger partial charge in [0.1, 0.15) is 5.75 Å². The lowest BCUT2D eigenvalue weighted by atomic mass is 10.2. The fourth-order valence-corrected chi connectivity index (χ4v) is 2.04. The van der Waals surface area contributed by atoms with Crippen molar-refractivity contribution in [2.24, 2.45) is 0 Å². The molecule has 2 rings (SSSR count). The van der Waals surface area contributed by atoms with Gasteiger partial charge < -0.3 is 15.4 Å². The molecular formula is C16H12ClN3O3. The number of nitriles is 1. The molecule has 0 aliphatic heterocycles. The highest BCUT2D eigenvalue weighted by molar-refractivity contribution is 6.43. The van der Waals surface area contributed by atoms with E-state index in [-0.39, 0.29) is 0 Å². The molecule has 0 heterocycles. The van der Waals surface area contributed by atoms with Crippen LogP contribution in [0.3, 0.4) is 0 Å². The predicted octanol–water partition coefficient (Wildman–Crippen LogP) is 2.80. The summed E-state index contributed by atoms with van der Waals surface area (Å²) in [6.45, 7) is 0. The first kappa shape index (κ1) is 16.3. The van der Waals surface area contributed by atoms with E-state index in [1.54, 1.807) is 30.3 Å². The topological polar surface area (TPSA) is 91.2 Å². The molecule has 0 radical (unpaired) electrons. The molecule has 116 valence electrons. The van der Waals surface area contributed by atoms with Gasteiger partial charge in [-0.25, -0.2) is 0 Å². The monoisotopic (exact) mass is 329 g/mol. The summed E-state index contributed by atoms with van der Waals surface area (Å²) in [7, 11) is 1.47. The molecule has 0 saturated carbocycles. The Kier molecular flexibility index (Phi) is 5.18. The van der Waals surface area contributed by atoms with E-state index in [9.17, 15) is 9.59 Å². The third kappa shape index (κ3) is 4.22. The number of ether oxygens (including phenoxy) is 1. The summed E-state index contributed by atoms with van der Waals surface area (Å²) in [6.07, 6.45) is 0. The number of anilines is 2. The van der Waals surface area contributed by atoms with Crippen LogP contribution in [0.1, 0.15) is 5.56 Å². The molecule has 0 unspecified atom stereocenters. The summed E-state index contributed by atoms with van der Waals surface area (Å²) in [5, 5.41) is 14.0. The Bertz CT molecular complexity index is 799. The van der Waals surface area contributed by atoms with Gasteiger partial charge in [-0.3, -0.25) is 9.59 Å². The normalized spacial score (nSPS) is 9.61. The number of nitrogens with one attached hydrogen (secondary N) is 2. The van der Waals surface area contributed by atoms with E-state index in [4.69, 9.17) is 21.6 Å². The molecular weight excluding hydrogens is 318 g/mol. The van der Waals surface area contributed by atoms with Gasteiger partial charge in [0, 0.05) is 11.4 Å². The SMILES string of the molecule is COc1ccc(NC(=O)C(=O)Nc2cccc(C#N)c2)cc1Cl. The van der Waals surface area contributed by atoms with Crippen LogP contribution in [0, 0.1) is 11.3 Å². The van der Waals surface area contributed by atoms with E-state index < -0.39 is 11.8 Å². The number of hydrogen-bond acceptors (Lipinski definition) is 4. The van der Waals surface area contributed by atoms with Gasteiger partial charge in [-0.2, -0.15) is 5.26 Å². The molecule has 2 aromatic rings. The van der Waals surface area contributed by atoms with Gasteiger partial charge >= 0.3 is 11.8 Å². The molecule has 0 atom stereocenters. The molecule has 2 aromatic carbocycles. The van der Waals surface area contributed by atoms with E-state index in [1.165, 1.54) is 19.2 Å². The molecule has 0 fully saturated rings. The lowest BCUT2D eigenvalue weighted by Crippen LogP contribution is -2.29. The second-order valence-corrected chi connectivity index (χ2v) is 4.86. The van der Waals surface area contributed by atoms with Crippen LogP contribution in [0.25, 0.3) is 0 Å². The molecule has 0 aliphatic rings. The second-order valence-electron chi connectivity index (χ2n) is 4.45. The summed E-state index contributed by atoms with van der Waals surface area (Å²) >= 11 is 5.95. The zero-order chi connectivity index (χ0) is 16.8. The second kappa shape index (κ2) is 7.29. The minimum atomic E-state index is -0.855. The number of hydrogen-bond donors (Lipinski definition) is 2. The number of nitrogens with zero attached hydrogens (tertiary/aromatic N) is 1. The number of benzene rings is 2. The molecule has 23 heavy (non-hydrogen) atoms. The van der Waals surface area contributed by atoms with Crippen LogP contribution < -0.4 is 15.4 Å². The zero-order valence-corrected chi connectivity index (χ0v) is 12.8. The number of methoxy groups -OCH3 is 1. The lowest BCUT2D eigenvalue weighted by Gasteiger charge is -2.08. The largest absolute Gasteiger partial charge is 0.495 e. The molecule has 0 spiro atoms. The van der Waals surface area contributed by atoms with Crippen molar-refractivity contribution in [1.29, 1.82) is 5.26 Å². The molecule has 2 amide bonds. The van der Waals surface area contributed by atoms with E-state index >= 15 is 0 Å². The maximum atomic E-state index is 11.9. The van der Waals surface area contributed by atoms with Crippen LogP contribution >= 0.6 is 11.6 Å². The maximum absolute atomic E-state index is 11.9. The van der Waals surface area contributed by atoms with Gasteiger partial charge in [0.15, 0.2) is 0 Å². The third-order valence-electron chi connectivity index (χ3n) is 2.87. The van der Waals surface area contributed by atoms with Gasteiger partial charge in [0.25, 0.3) is 0 Å². The van der Waals surface area contributed by atoms with Crippen molar-refractivity contribution in [2.75, 3.05) is 17.7 Å². The van der Waals surface area contributed by atoms with Crippen LogP contribution in [0.5, 0.6) is 5.75 Å². The van der Waals surface area contributed by atoms with Crippen molar-refractivity contribution < 1.29 is 14.3 Å². The number of carbonyl (C=O) groups is 2. The van der Waals surface area contributed by atoms with Crippen LogP contribution in [0.2, 0.25) is 5.02 Å². The minimum Gasteiger partial charge on any atom is -0.495 e. The van der Waals surface area contributed by atoms with Crippen LogP contribution in [-0.4, -0.2) is 18.9 Å². The van der Waals surface area contributed by atoms with Crippen molar-refractivity contribution in [3.63, 3.8) is 0 Å². The van der Waals surface area contributed by atoms with Crippen molar-refractivity contribution in [3.05, 3.63) is 53.1 Å². The lowest BCUT2D eigenvalue weighted by molar-refractivity contribution is -0.132. The van der Waals surface area contributed by atoms with E-state index in [2.05, 4.69) is 10.6 Å². The first-order valence-corrected chi connectivity index (χ1v) is 6.87. The van der Waals surface area contributed by atoms with Crippen molar-refractivity contribution >= 4 is 34.8 Å². The van der Waals surface area contributed by atoms with Gasteiger partial charge in [-0.1, -0.05) is 17.7 Å². The Hall–Kier alpha value is -3.04. The highest BCUT2D eigenvalue weighted by Crippen LogP contribution is 2.27. The zero-order valence-electron chi connectivity index (χ0n) is 12.1. The van der Waals surface area contributed by atoms with Crippen molar-refractivity contribution in [2.45, 2.75) is 0 Å². The van der Waals surface area contributed by atoms with Gasteiger partial charge in [0.2, 0.25) is 0 Å². The van der Waals surface area contributed by atoms with Crippen LogP contribution in [0.4, 0.5) is 11.4 Å². The highest BCUT2D eigenvalue weighted by atomic mass is 35.5. The van der Waals surface area contributed by atoms with E-state index in [0.717, 1.165) is 0 Å². The van der Waals surface area contributed by atoms with Crippen molar-refractivity contribution in [1.82, 2.24) is 0 Å². The molecule has 0 bridgehead atoms. The van der Waals surface area contributed by atoms with E-state index in [1.807, 2.05) is 6.07 Å². The fourth-order valence-electron chi connectivity index (χ4n) is 1.79. The summed E-state index contributed by atoms with van der Waals surface area (Å²) in [6, 6.07) is 12.8.